The van der Waals surface area contributed by atoms with Gasteiger partial charge in [0.15, 0.2) is 0 Å². The first-order valence-corrected chi connectivity index (χ1v) is 7.65. The van der Waals surface area contributed by atoms with Crippen LogP contribution in [0.2, 0.25) is 0 Å². The van der Waals surface area contributed by atoms with E-state index in [0.717, 1.165) is 12.8 Å². The number of nitrogens with two attached hydrogens (primary N) is 1. The Morgan fingerprint density at radius 2 is 1.90 bits per heavy atom. The molecule has 1 fully saturated rings. The van der Waals surface area contributed by atoms with Crippen molar-refractivity contribution in [3.05, 3.63) is 35.9 Å². The largest absolute Gasteiger partial charge is 0.381 e. The number of nitrogens with one attached hydrogen (secondary N) is 1. The van der Waals surface area contributed by atoms with E-state index >= 15 is 0 Å². The summed E-state index contributed by atoms with van der Waals surface area (Å²) in [6.07, 6.45) is 3.01. The number of aryl methyl sites for hydroxylation is 1. The van der Waals surface area contributed by atoms with Crippen molar-refractivity contribution < 1.29 is 9.53 Å². The van der Waals surface area contributed by atoms with Crippen molar-refractivity contribution in [2.24, 2.45) is 5.73 Å². The second kappa shape index (κ2) is 6.58. The third-order valence-corrected chi connectivity index (χ3v) is 4.17. The maximum absolute atomic E-state index is 12.5. The third kappa shape index (κ3) is 4.55. The van der Waals surface area contributed by atoms with Crippen molar-refractivity contribution in [2.75, 3.05) is 13.2 Å². The molecule has 3 N–H and O–H groups in total. The number of hydrogen-bond acceptors (Lipinski definition) is 3. The number of rotatable bonds is 5. The van der Waals surface area contributed by atoms with Crippen LogP contribution in [0, 0.1) is 0 Å². The number of carbonyl (C=O) groups excluding carboxylic acids is 1. The number of benzene rings is 1. The van der Waals surface area contributed by atoms with E-state index in [2.05, 4.69) is 31.3 Å². The lowest BCUT2D eigenvalue weighted by molar-refractivity contribution is -0.131. The summed E-state index contributed by atoms with van der Waals surface area (Å²) in [6, 6.07) is 10.3. The molecule has 1 saturated heterocycles. The van der Waals surface area contributed by atoms with Crippen molar-refractivity contribution in [3.63, 3.8) is 0 Å². The highest BCUT2D eigenvalue weighted by Gasteiger charge is 2.38. The van der Waals surface area contributed by atoms with Crippen LogP contribution in [0.25, 0.3) is 0 Å². The Labute approximate surface area is 127 Å². The van der Waals surface area contributed by atoms with Gasteiger partial charge in [0, 0.05) is 18.8 Å². The molecule has 1 heterocycles. The zero-order valence-electron chi connectivity index (χ0n) is 13.0. The number of amides is 1. The molecule has 1 aromatic rings. The molecule has 0 unspecified atom stereocenters. The molecule has 0 aromatic heterocycles. The van der Waals surface area contributed by atoms with Crippen LogP contribution in [-0.2, 0) is 16.0 Å². The van der Waals surface area contributed by atoms with E-state index in [1.807, 2.05) is 18.2 Å². The minimum absolute atomic E-state index is 0.0520. The van der Waals surface area contributed by atoms with Gasteiger partial charge in [0.1, 0.15) is 0 Å². The quantitative estimate of drug-likeness (QED) is 0.872. The summed E-state index contributed by atoms with van der Waals surface area (Å²) in [6.45, 7) is 5.23. The van der Waals surface area contributed by atoms with Crippen molar-refractivity contribution in [1.82, 2.24) is 5.32 Å². The fraction of sp³-hybridized carbons (Fsp3) is 0.588. The molecule has 0 radical (unpaired) electrons. The van der Waals surface area contributed by atoms with Gasteiger partial charge in [0.25, 0.3) is 0 Å². The van der Waals surface area contributed by atoms with Gasteiger partial charge in [0.05, 0.1) is 5.54 Å². The van der Waals surface area contributed by atoms with Crippen LogP contribution in [0.1, 0.15) is 38.7 Å². The number of hydrogen-bond donors (Lipinski definition) is 2. The molecule has 0 bridgehead atoms. The van der Waals surface area contributed by atoms with Gasteiger partial charge in [-0.2, -0.15) is 0 Å². The fourth-order valence-electron chi connectivity index (χ4n) is 2.56. The molecule has 0 spiro atoms. The summed E-state index contributed by atoms with van der Waals surface area (Å²) in [5, 5.41) is 3.12. The summed E-state index contributed by atoms with van der Waals surface area (Å²) < 4.78 is 5.29. The van der Waals surface area contributed by atoms with E-state index in [0.29, 0.717) is 26.1 Å². The Bertz CT molecular complexity index is 465. The van der Waals surface area contributed by atoms with E-state index in [1.54, 1.807) is 0 Å². The lowest BCUT2D eigenvalue weighted by atomic mass is 9.88. The van der Waals surface area contributed by atoms with Crippen molar-refractivity contribution >= 4 is 5.91 Å². The Balaban J connectivity index is 1.89. The summed E-state index contributed by atoms with van der Waals surface area (Å²) >= 11 is 0. The molecule has 116 valence electrons. The van der Waals surface area contributed by atoms with Crippen LogP contribution in [0.3, 0.4) is 0 Å². The van der Waals surface area contributed by atoms with Crippen LogP contribution in [0.15, 0.2) is 30.3 Å². The smallest absolute Gasteiger partial charge is 0.240 e. The average Bonchev–Trinajstić information content (AvgIpc) is 2.47. The van der Waals surface area contributed by atoms with Gasteiger partial charge < -0.3 is 15.8 Å². The molecule has 1 aliphatic rings. The van der Waals surface area contributed by atoms with Gasteiger partial charge in [-0.1, -0.05) is 30.3 Å². The fourth-order valence-corrected chi connectivity index (χ4v) is 2.56. The highest BCUT2D eigenvalue weighted by molar-refractivity contribution is 5.86. The van der Waals surface area contributed by atoms with E-state index in [9.17, 15) is 4.79 Å². The van der Waals surface area contributed by atoms with Crippen molar-refractivity contribution in [2.45, 2.75) is 50.6 Å². The lowest BCUT2D eigenvalue weighted by Gasteiger charge is -2.36. The first-order valence-electron chi connectivity index (χ1n) is 7.65. The molecular formula is C17H26N2O2. The van der Waals surface area contributed by atoms with Crippen LogP contribution in [0.4, 0.5) is 0 Å². The van der Waals surface area contributed by atoms with E-state index in [1.165, 1.54) is 5.56 Å². The molecule has 0 atom stereocenters. The summed E-state index contributed by atoms with van der Waals surface area (Å²) in [7, 11) is 0. The first kappa shape index (κ1) is 16.0. The monoisotopic (exact) mass is 290 g/mol. The van der Waals surface area contributed by atoms with E-state index in [4.69, 9.17) is 10.5 Å². The molecular weight excluding hydrogens is 264 g/mol. The normalized spacial score (nSPS) is 18.2. The molecule has 0 aliphatic carbocycles. The van der Waals surface area contributed by atoms with Gasteiger partial charge in [-0.15, -0.1) is 0 Å². The highest BCUT2D eigenvalue weighted by atomic mass is 16.5. The van der Waals surface area contributed by atoms with Gasteiger partial charge in [0.2, 0.25) is 5.91 Å². The molecule has 4 heteroatoms. The Morgan fingerprint density at radius 1 is 1.29 bits per heavy atom. The van der Waals surface area contributed by atoms with Crippen molar-refractivity contribution in [1.29, 1.82) is 0 Å². The second-order valence-electron chi connectivity index (χ2n) is 6.59. The summed E-state index contributed by atoms with van der Waals surface area (Å²) in [5.41, 5.74) is 6.47. The second-order valence-corrected chi connectivity index (χ2v) is 6.59. The number of ether oxygens (including phenoxy) is 1. The maximum Gasteiger partial charge on any atom is 0.240 e. The van der Waals surface area contributed by atoms with E-state index in [-0.39, 0.29) is 11.4 Å². The van der Waals surface area contributed by atoms with E-state index < -0.39 is 5.54 Å². The Hall–Kier alpha value is -1.39. The molecule has 21 heavy (non-hydrogen) atoms. The lowest BCUT2D eigenvalue weighted by Crippen LogP contribution is -2.60. The first-order chi connectivity index (χ1) is 9.91. The zero-order valence-corrected chi connectivity index (χ0v) is 13.0. The third-order valence-electron chi connectivity index (χ3n) is 4.17. The van der Waals surface area contributed by atoms with Crippen LogP contribution in [0.5, 0.6) is 0 Å². The topological polar surface area (TPSA) is 64.4 Å². The minimum Gasteiger partial charge on any atom is -0.381 e. The van der Waals surface area contributed by atoms with Crippen LogP contribution < -0.4 is 11.1 Å². The Morgan fingerprint density at radius 3 is 2.52 bits per heavy atom. The summed E-state index contributed by atoms with van der Waals surface area (Å²) in [5.74, 6) is -0.0520. The highest BCUT2D eigenvalue weighted by Crippen LogP contribution is 2.20. The number of carbonyl (C=O) groups is 1. The summed E-state index contributed by atoms with van der Waals surface area (Å²) in [4.78, 5) is 12.5. The Kier molecular flexibility index (Phi) is 5.01. The molecule has 4 nitrogen and oxygen atoms in total. The van der Waals surface area contributed by atoms with Crippen LogP contribution >= 0.6 is 0 Å². The molecule has 2 rings (SSSR count). The van der Waals surface area contributed by atoms with Gasteiger partial charge in [-0.25, -0.2) is 0 Å². The van der Waals surface area contributed by atoms with Gasteiger partial charge in [-0.05, 0) is 45.1 Å². The van der Waals surface area contributed by atoms with Crippen LogP contribution in [-0.4, -0.2) is 30.2 Å². The van der Waals surface area contributed by atoms with Gasteiger partial charge >= 0.3 is 0 Å². The predicted molar refractivity (Wildman–Crippen MR) is 84.0 cm³/mol. The predicted octanol–water partition coefficient (Wildman–Crippen LogP) is 2.02. The van der Waals surface area contributed by atoms with Gasteiger partial charge in [-0.3, -0.25) is 4.79 Å². The molecule has 1 aliphatic heterocycles. The zero-order chi connectivity index (χ0) is 15.3. The van der Waals surface area contributed by atoms with Crippen molar-refractivity contribution in [3.8, 4) is 0 Å². The average molecular weight is 290 g/mol. The standard InChI is InChI=1S/C17H26N2O2/c1-16(2,9-8-14-6-4-3-5-7-14)19-15(20)17(18)10-12-21-13-11-17/h3-7H,8-13,18H2,1-2H3,(H,19,20). The minimum atomic E-state index is -0.776. The molecule has 0 saturated carbocycles. The molecule has 1 aromatic carbocycles. The molecule has 1 amide bonds. The maximum atomic E-state index is 12.5. The SMILES string of the molecule is CC(C)(CCc1ccccc1)NC(=O)C1(N)CCOCC1.